The summed E-state index contributed by atoms with van der Waals surface area (Å²) in [6, 6.07) is 5.28. The third-order valence-electron chi connectivity index (χ3n) is 4.82. The van der Waals surface area contributed by atoms with Crippen molar-refractivity contribution in [3.05, 3.63) is 30.1 Å². The highest BCUT2D eigenvalue weighted by molar-refractivity contribution is 7.91. The molecule has 0 aliphatic carbocycles. The SMILES string of the molecule is O=C(NCCCCOc1ccc(F)cc1)C1=NN([C@H]2CCS(=O)(=O)C2)C(=O)CC1. The van der Waals surface area contributed by atoms with E-state index in [4.69, 9.17) is 4.74 Å². The molecular weight excluding hydrogens is 401 g/mol. The van der Waals surface area contributed by atoms with Crippen molar-refractivity contribution in [2.75, 3.05) is 24.7 Å². The number of hydrogen-bond donors (Lipinski definition) is 1. The molecule has 2 heterocycles. The van der Waals surface area contributed by atoms with Gasteiger partial charge in [-0.2, -0.15) is 5.10 Å². The number of hydrogen-bond acceptors (Lipinski definition) is 6. The lowest BCUT2D eigenvalue weighted by atomic mass is 10.1. The van der Waals surface area contributed by atoms with Gasteiger partial charge >= 0.3 is 0 Å². The van der Waals surface area contributed by atoms with Crippen LogP contribution in [0.1, 0.15) is 32.1 Å². The molecule has 3 rings (SSSR count). The third kappa shape index (κ3) is 5.99. The number of benzene rings is 1. The molecule has 1 aromatic carbocycles. The van der Waals surface area contributed by atoms with E-state index in [0.717, 1.165) is 0 Å². The van der Waals surface area contributed by atoms with Crippen molar-refractivity contribution in [3.63, 3.8) is 0 Å². The molecule has 2 aliphatic heterocycles. The lowest BCUT2D eigenvalue weighted by molar-refractivity contribution is -0.133. The van der Waals surface area contributed by atoms with E-state index < -0.39 is 15.9 Å². The number of amides is 2. The van der Waals surface area contributed by atoms with E-state index in [-0.39, 0.29) is 47.7 Å². The van der Waals surface area contributed by atoms with Gasteiger partial charge < -0.3 is 10.1 Å². The maximum Gasteiger partial charge on any atom is 0.267 e. The highest BCUT2D eigenvalue weighted by Crippen LogP contribution is 2.22. The van der Waals surface area contributed by atoms with Crippen LogP contribution in [0, 0.1) is 5.82 Å². The number of carbonyl (C=O) groups is 2. The van der Waals surface area contributed by atoms with E-state index >= 15 is 0 Å². The van der Waals surface area contributed by atoms with Crippen molar-refractivity contribution in [1.29, 1.82) is 0 Å². The van der Waals surface area contributed by atoms with Gasteiger partial charge in [0.05, 0.1) is 24.2 Å². The molecule has 2 amide bonds. The van der Waals surface area contributed by atoms with Crippen molar-refractivity contribution < 1.29 is 27.1 Å². The highest BCUT2D eigenvalue weighted by Gasteiger charge is 2.37. The predicted octanol–water partition coefficient (Wildman–Crippen LogP) is 1.27. The largest absolute Gasteiger partial charge is 0.494 e. The number of carbonyl (C=O) groups excluding carboxylic acids is 2. The Morgan fingerprint density at radius 2 is 2.00 bits per heavy atom. The van der Waals surface area contributed by atoms with Crippen LogP contribution >= 0.6 is 0 Å². The Kier molecular flexibility index (Phi) is 6.83. The minimum absolute atomic E-state index is 0.0402. The fourth-order valence-electron chi connectivity index (χ4n) is 3.24. The monoisotopic (exact) mass is 425 g/mol. The Balaban J connectivity index is 1.41. The van der Waals surface area contributed by atoms with Gasteiger partial charge in [-0.15, -0.1) is 0 Å². The second kappa shape index (κ2) is 9.34. The molecule has 29 heavy (non-hydrogen) atoms. The summed E-state index contributed by atoms with van der Waals surface area (Å²) in [6.07, 6.45) is 2.13. The zero-order valence-corrected chi connectivity index (χ0v) is 16.8. The molecule has 2 aliphatic rings. The van der Waals surface area contributed by atoms with Gasteiger partial charge in [0.2, 0.25) is 5.91 Å². The molecule has 0 unspecified atom stereocenters. The number of ether oxygens (including phenoxy) is 1. The summed E-state index contributed by atoms with van der Waals surface area (Å²) in [7, 11) is -3.15. The van der Waals surface area contributed by atoms with Crippen LogP contribution in [0.4, 0.5) is 4.39 Å². The second-order valence-corrected chi connectivity index (χ2v) is 9.34. The minimum Gasteiger partial charge on any atom is -0.494 e. The maximum absolute atomic E-state index is 12.8. The van der Waals surface area contributed by atoms with Crippen molar-refractivity contribution in [2.24, 2.45) is 5.10 Å². The lowest BCUT2D eigenvalue weighted by Crippen LogP contribution is -2.44. The number of nitrogens with zero attached hydrogens (tertiary/aromatic N) is 2. The summed E-state index contributed by atoms with van der Waals surface area (Å²) in [6.45, 7) is 0.872. The van der Waals surface area contributed by atoms with Crippen molar-refractivity contribution >= 4 is 27.4 Å². The van der Waals surface area contributed by atoms with Gasteiger partial charge in [-0.25, -0.2) is 17.8 Å². The molecule has 158 valence electrons. The molecule has 0 spiro atoms. The van der Waals surface area contributed by atoms with Crippen LogP contribution < -0.4 is 10.1 Å². The molecule has 1 saturated heterocycles. The smallest absolute Gasteiger partial charge is 0.267 e. The first-order chi connectivity index (χ1) is 13.8. The summed E-state index contributed by atoms with van der Waals surface area (Å²) < 4.78 is 41.6. The van der Waals surface area contributed by atoms with Gasteiger partial charge in [0.15, 0.2) is 9.84 Å². The van der Waals surface area contributed by atoms with E-state index in [1.54, 1.807) is 12.1 Å². The number of sulfone groups is 1. The normalized spacial score (nSPS) is 21.0. The van der Waals surface area contributed by atoms with Gasteiger partial charge in [0.25, 0.3) is 5.91 Å². The average Bonchev–Trinajstić information content (AvgIpc) is 3.05. The van der Waals surface area contributed by atoms with Crippen LogP contribution in [0.3, 0.4) is 0 Å². The molecule has 0 bridgehead atoms. The molecule has 0 radical (unpaired) electrons. The Morgan fingerprint density at radius 1 is 1.24 bits per heavy atom. The van der Waals surface area contributed by atoms with Crippen molar-refractivity contribution in [2.45, 2.75) is 38.1 Å². The Bertz CT molecular complexity index is 886. The van der Waals surface area contributed by atoms with Crippen molar-refractivity contribution in [1.82, 2.24) is 10.3 Å². The van der Waals surface area contributed by atoms with E-state index in [9.17, 15) is 22.4 Å². The zero-order chi connectivity index (χ0) is 20.9. The fraction of sp³-hybridized carbons (Fsp3) is 0.526. The first-order valence-electron chi connectivity index (χ1n) is 9.60. The van der Waals surface area contributed by atoms with E-state index in [0.29, 0.717) is 38.2 Å². The standard InChI is InChI=1S/C19H24FN3O5S/c20-14-3-5-16(6-4-14)28-11-2-1-10-21-19(25)17-7-8-18(24)23(22-17)15-9-12-29(26,27)13-15/h3-6,15H,1-2,7-13H2,(H,21,25)/t15-/m0/s1. The molecule has 0 saturated carbocycles. The van der Waals surface area contributed by atoms with E-state index in [2.05, 4.69) is 10.4 Å². The average molecular weight is 425 g/mol. The van der Waals surface area contributed by atoms with Crippen molar-refractivity contribution in [3.8, 4) is 5.75 Å². The van der Waals surface area contributed by atoms with Gasteiger partial charge in [-0.05, 0) is 43.5 Å². The molecule has 10 heteroatoms. The topological polar surface area (TPSA) is 105 Å². The summed E-state index contributed by atoms with van der Waals surface area (Å²) in [4.78, 5) is 24.4. The Hall–Kier alpha value is -2.49. The van der Waals surface area contributed by atoms with E-state index in [1.807, 2.05) is 0 Å². The van der Waals surface area contributed by atoms with Crippen LogP contribution in [-0.2, 0) is 19.4 Å². The number of hydrazone groups is 1. The number of nitrogens with one attached hydrogen (secondary N) is 1. The van der Waals surface area contributed by atoms with Gasteiger partial charge in [0.1, 0.15) is 17.3 Å². The van der Waals surface area contributed by atoms with Crippen LogP contribution in [0.5, 0.6) is 5.75 Å². The summed E-state index contributed by atoms with van der Waals surface area (Å²) in [5.41, 5.74) is 0.247. The van der Waals surface area contributed by atoms with Crippen LogP contribution in [0.15, 0.2) is 29.4 Å². The predicted molar refractivity (Wildman–Crippen MR) is 105 cm³/mol. The number of unbranched alkanes of at least 4 members (excludes halogenated alkanes) is 1. The first-order valence-corrected chi connectivity index (χ1v) is 11.4. The molecule has 1 atom stereocenters. The van der Waals surface area contributed by atoms with E-state index in [1.165, 1.54) is 17.1 Å². The minimum atomic E-state index is -3.15. The quantitative estimate of drug-likeness (QED) is 0.632. The van der Waals surface area contributed by atoms with Gasteiger partial charge in [-0.1, -0.05) is 0 Å². The molecule has 1 fully saturated rings. The molecule has 1 aromatic rings. The fourth-order valence-corrected chi connectivity index (χ4v) is 4.93. The Labute approximate surface area is 169 Å². The molecule has 0 aromatic heterocycles. The highest BCUT2D eigenvalue weighted by atomic mass is 32.2. The molecule has 8 nitrogen and oxygen atoms in total. The number of rotatable bonds is 8. The van der Waals surface area contributed by atoms with Crippen LogP contribution in [0.25, 0.3) is 0 Å². The first kappa shape index (κ1) is 21.2. The summed E-state index contributed by atoms with van der Waals surface area (Å²) in [5.74, 6) is -0.389. The molecular formula is C19H24FN3O5S. The number of halogens is 1. The summed E-state index contributed by atoms with van der Waals surface area (Å²) in [5, 5.41) is 8.09. The van der Waals surface area contributed by atoms with Crippen LogP contribution in [0.2, 0.25) is 0 Å². The maximum atomic E-state index is 12.8. The zero-order valence-electron chi connectivity index (χ0n) is 16.0. The lowest BCUT2D eigenvalue weighted by Gasteiger charge is -2.27. The Morgan fingerprint density at radius 3 is 2.69 bits per heavy atom. The summed E-state index contributed by atoms with van der Waals surface area (Å²) >= 11 is 0. The van der Waals surface area contributed by atoms with Gasteiger partial charge in [0, 0.05) is 19.4 Å². The third-order valence-corrected chi connectivity index (χ3v) is 6.57. The molecule has 1 N–H and O–H groups in total. The van der Waals surface area contributed by atoms with Gasteiger partial charge in [-0.3, -0.25) is 9.59 Å². The second-order valence-electron chi connectivity index (χ2n) is 7.11. The van der Waals surface area contributed by atoms with Crippen LogP contribution in [-0.4, -0.2) is 61.7 Å².